The number of likely N-dealkylation sites (N-methyl/N-ethyl adjacent to an activating group) is 1. The molecule has 4 heterocycles. The van der Waals surface area contributed by atoms with Crippen LogP contribution in [0.15, 0.2) is 54.1 Å². The number of pyridine rings is 1. The maximum absolute atomic E-state index is 15.2. The van der Waals surface area contributed by atoms with E-state index in [2.05, 4.69) is 20.5 Å². The van der Waals surface area contributed by atoms with E-state index in [1.54, 1.807) is 47.5 Å². The molecule has 234 valence electrons. The fourth-order valence-corrected chi connectivity index (χ4v) is 4.77. The van der Waals surface area contributed by atoms with Crippen molar-refractivity contribution in [3.63, 3.8) is 0 Å². The van der Waals surface area contributed by atoms with Crippen LogP contribution in [0.5, 0.6) is 0 Å². The number of amides is 1. The highest BCUT2D eigenvalue weighted by Crippen LogP contribution is 2.29. The van der Waals surface area contributed by atoms with E-state index in [0.29, 0.717) is 60.9 Å². The van der Waals surface area contributed by atoms with Gasteiger partial charge in [-0.25, -0.2) is 13.9 Å². The number of aromatic nitrogens is 4. The van der Waals surface area contributed by atoms with E-state index in [0.717, 1.165) is 0 Å². The van der Waals surface area contributed by atoms with Crippen molar-refractivity contribution in [2.75, 3.05) is 44.8 Å². The Labute approximate surface area is 254 Å². The average Bonchev–Trinajstić information content (AvgIpc) is 3.72. The van der Waals surface area contributed by atoms with E-state index in [-0.39, 0.29) is 25.2 Å². The van der Waals surface area contributed by atoms with Gasteiger partial charge in [-0.1, -0.05) is 16.4 Å². The van der Waals surface area contributed by atoms with Gasteiger partial charge >= 0.3 is 12.1 Å². The van der Waals surface area contributed by atoms with E-state index in [1.807, 2.05) is 32.7 Å². The Bertz CT molecular complexity index is 1480. The van der Waals surface area contributed by atoms with Crippen molar-refractivity contribution >= 4 is 23.5 Å². The van der Waals surface area contributed by atoms with Crippen LogP contribution in [0.2, 0.25) is 0 Å². The third-order valence-electron chi connectivity index (χ3n) is 6.84. The lowest BCUT2D eigenvalue weighted by molar-refractivity contribution is -0.155. The molecule has 3 aromatic rings. The normalized spacial score (nSPS) is 18.4. The number of hydrogen-bond donors (Lipinski definition) is 0. The number of cyclic esters (lactones) is 1. The van der Waals surface area contributed by atoms with Crippen molar-refractivity contribution in [1.29, 1.82) is 0 Å². The minimum atomic E-state index is -0.540. The van der Waals surface area contributed by atoms with Crippen molar-refractivity contribution in [3.05, 3.63) is 60.4 Å². The van der Waals surface area contributed by atoms with Gasteiger partial charge in [-0.3, -0.25) is 19.6 Å². The number of nitrogens with zero attached hydrogens (tertiary/aromatic N) is 7. The minimum absolute atomic E-state index is 0.183. The summed E-state index contributed by atoms with van der Waals surface area (Å²) in [6, 6.07) is 8.16. The van der Waals surface area contributed by atoms with Crippen molar-refractivity contribution in [3.8, 4) is 11.1 Å². The topological polar surface area (TPSA) is 134 Å². The van der Waals surface area contributed by atoms with Gasteiger partial charge < -0.3 is 19.0 Å². The van der Waals surface area contributed by atoms with Crippen molar-refractivity contribution in [2.45, 2.75) is 51.5 Å². The number of carbonyl (C=O) groups is 2. The predicted octanol–water partition coefficient (Wildman–Crippen LogP) is 3.29. The molecule has 14 heteroatoms. The van der Waals surface area contributed by atoms with E-state index in [9.17, 15) is 9.59 Å². The first kappa shape index (κ1) is 31.0. The highest BCUT2D eigenvalue weighted by atomic mass is 19.1. The molecule has 1 amide bonds. The molecule has 0 bridgehead atoms. The Morgan fingerprint density at radius 1 is 1.20 bits per heavy atom. The summed E-state index contributed by atoms with van der Waals surface area (Å²) in [5.74, 6) is -0.765. The average molecular weight is 610 g/mol. The van der Waals surface area contributed by atoms with Crippen LogP contribution in [0.1, 0.15) is 32.9 Å². The molecule has 2 aromatic heterocycles. The van der Waals surface area contributed by atoms with Crippen LogP contribution in [0.25, 0.3) is 11.1 Å². The molecule has 0 unspecified atom stereocenters. The van der Waals surface area contributed by atoms with Gasteiger partial charge in [0.05, 0.1) is 50.4 Å². The quantitative estimate of drug-likeness (QED) is 0.223. The zero-order chi connectivity index (χ0) is 31.3. The van der Waals surface area contributed by atoms with E-state index in [1.165, 1.54) is 11.0 Å². The summed E-state index contributed by atoms with van der Waals surface area (Å²) >= 11 is 0. The SMILES string of the molecule is CN(CCOC[C@@H]1CC(c2ccc(-c3ccc(N4C[C@H](Cn5ccnn5)OC4=O)cc3F)cn2)=NO1)CC(=O)OC(C)(C)C. The number of benzene rings is 1. The van der Waals surface area contributed by atoms with Crippen LogP contribution in [-0.4, -0.2) is 100 Å². The predicted molar refractivity (Wildman–Crippen MR) is 157 cm³/mol. The van der Waals surface area contributed by atoms with Crippen molar-refractivity contribution in [2.24, 2.45) is 5.16 Å². The maximum atomic E-state index is 15.2. The third kappa shape index (κ3) is 8.14. The van der Waals surface area contributed by atoms with Crippen LogP contribution in [0, 0.1) is 5.82 Å². The van der Waals surface area contributed by atoms with Gasteiger partial charge in [0.15, 0.2) is 6.10 Å². The number of oxime groups is 1. The zero-order valence-corrected chi connectivity index (χ0v) is 25.2. The monoisotopic (exact) mass is 609 g/mol. The summed E-state index contributed by atoms with van der Waals surface area (Å²) in [5, 5.41) is 11.8. The lowest BCUT2D eigenvalue weighted by Crippen LogP contribution is -2.34. The molecule has 1 fully saturated rings. The minimum Gasteiger partial charge on any atom is -0.459 e. The van der Waals surface area contributed by atoms with Gasteiger partial charge in [0.25, 0.3) is 0 Å². The molecule has 1 saturated heterocycles. The number of halogens is 1. The highest BCUT2D eigenvalue weighted by Gasteiger charge is 2.33. The number of hydrogen-bond acceptors (Lipinski definition) is 11. The van der Waals surface area contributed by atoms with Gasteiger partial charge in [-0.05, 0) is 52.1 Å². The van der Waals surface area contributed by atoms with Crippen molar-refractivity contribution in [1.82, 2.24) is 24.9 Å². The zero-order valence-electron chi connectivity index (χ0n) is 25.2. The molecule has 5 rings (SSSR count). The van der Waals surface area contributed by atoms with Crippen LogP contribution in [0.4, 0.5) is 14.9 Å². The second-order valence-corrected chi connectivity index (χ2v) is 11.7. The molecule has 44 heavy (non-hydrogen) atoms. The molecule has 0 aliphatic carbocycles. The lowest BCUT2D eigenvalue weighted by atomic mass is 10.0. The summed E-state index contributed by atoms with van der Waals surface area (Å²) in [7, 11) is 1.83. The molecule has 2 aliphatic rings. The fourth-order valence-electron chi connectivity index (χ4n) is 4.77. The van der Waals surface area contributed by atoms with Crippen LogP contribution >= 0.6 is 0 Å². The number of anilines is 1. The van der Waals surface area contributed by atoms with E-state index in [4.69, 9.17) is 19.0 Å². The molecule has 0 radical (unpaired) electrons. The smallest absolute Gasteiger partial charge is 0.414 e. The Morgan fingerprint density at radius 2 is 2.05 bits per heavy atom. The molecular formula is C30H36FN7O6. The molecule has 0 saturated carbocycles. The highest BCUT2D eigenvalue weighted by molar-refractivity contribution is 5.99. The van der Waals surface area contributed by atoms with Gasteiger partial charge in [0.1, 0.15) is 23.2 Å². The lowest BCUT2D eigenvalue weighted by Gasteiger charge is -2.22. The standard InChI is InChI=1S/C30H36FN7O6/c1-30(2,3)43-28(39)18-36(4)11-12-41-19-22-14-27(34-44-22)26-8-5-20(15-32-26)24-7-6-21(13-25(24)31)38-17-23(42-29(38)40)16-37-10-9-33-35-37/h5-10,13,15,22-23H,11-12,14,16-19H2,1-4H3/t22-,23-/m0/s1. The van der Waals surface area contributed by atoms with Gasteiger partial charge in [-0.15, -0.1) is 5.10 Å². The largest absolute Gasteiger partial charge is 0.459 e. The fraction of sp³-hybridized carbons (Fsp3) is 0.467. The molecule has 1 aromatic carbocycles. The summed E-state index contributed by atoms with van der Waals surface area (Å²) in [6.07, 6.45) is 4.12. The first-order valence-corrected chi connectivity index (χ1v) is 14.3. The van der Waals surface area contributed by atoms with Crippen LogP contribution in [-0.2, 0) is 30.4 Å². The Balaban J connectivity index is 1.08. The third-order valence-corrected chi connectivity index (χ3v) is 6.84. The van der Waals surface area contributed by atoms with Gasteiger partial charge in [0.2, 0.25) is 0 Å². The number of carbonyl (C=O) groups excluding carboxylic acids is 2. The van der Waals surface area contributed by atoms with E-state index >= 15 is 4.39 Å². The molecule has 0 spiro atoms. The summed E-state index contributed by atoms with van der Waals surface area (Å²) in [4.78, 5) is 37.6. The summed E-state index contributed by atoms with van der Waals surface area (Å²) in [6.45, 7) is 7.66. The first-order chi connectivity index (χ1) is 21.0. The molecule has 0 N–H and O–H groups in total. The van der Waals surface area contributed by atoms with Gasteiger partial charge in [-0.2, -0.15) is 0 Å². The number of esters is 1. The van der Waals surface area contributed by atoms with Crippen LogP contribution < -0.4 is 4.90 Å². The number of ether oxygens (including phenoxy) is 3. The Morgan fingerprint density at radius 3 is 2.75 bits per heavy atom. The van der Waals surface area contributed by atoms with E-state index < -0.39 is 23.6 Å². The Hall–Kier alpha value is -4.43. The first-order valence-electron chi connectivity index (χ1n) is 14.3. The summed E-state index contributed by atoms with van der Waals surface area (Å²) < 4.78 is 33.2. The molecule has 2 aliphatic heterocycles. The molecular weight excluding hydrogens is 573 g/mol. The molecule has 13 nitrogen and oxygen atoms in total. The summed E-state index contributed by atoms with van der Waals surface area (Å²) in [5.41, 5.74) is 2.13. The maximum Gasteiger partial charge on any atom is 0.414 e. The second-order valence-electron chi connectivity index (χ2n) is 11.7. The van der Waals surface area contributed by atoms with Crippen LogP contribution in [0.3, 0.4) is 0 Å². The van der Waals surface area contributed by atoms with Gasteiger partial charge in [0, 0.05) is 36.5 Å². The second kappa shape index (κ2) is 13.5. The van der Waals surface area contributed by atoms with Crippen molar-refractivity contribution < 1.29 is 33.0 Å². The Kier molecular flexibility index (Phi) is 9.49. The number of rotatable bonds is 12. The molecule has 2 atom stereocenters.